The largest absolute Gasteiger partial charge is 0.469 e. The summed E-state index contributed by atoms with van der Waals surface area (Å²) in [6.07, 6.45) is 4.57. The summed E-state index contributed by atoms with van der Waals surface area (Å²) in [5.74, 6) is 1.82. The molecule has 0 aliphatic carbocycles. The number of methoxy groups -OCH3 is 1. The van der Waals surface area contributed by atoms with E-state index in [1.165, 1.54) is 5.69 Å². The van der Waals surface area contributed by atoms with Crippen molar-refractivity contribution in [3.63, 3.8) is 0 Å². The Morgan fingerprint density at radius 1 is 1.50 bits per heavy atom. The predicted octanol–water partition coefficient (Wildman–Crippen LogP) is 2.65. The predicted molar refractivity (Wildman–Crippen MR) is 99.2 cm³/mol. The fourth-order valence-electron chi connectivity index (χ4n) is 2.35. The quantitative estimate of drug-likeness (QED) is 0.423. The lowest BCUT2D eigenvalue weighted by atomic mass is 10.3. The molecule has 0 atom stereocenters. The number of guanidine groups is 1. The Morgan fingerprint density at radius 2 is 2.33 bits per heavy atom. The SMILES string of the molecule is COCCN=C(NCCc1ccco1)N(C)Cc1cc(Br)cn1C. The molecule has 2 aromatic heterocycles. The standard InChI is InChI=1S/C17H25BrN4O2/c1-21-12-14(18)11-15(21)13-22(2)17(20-8-10-23-3)19-7-6-16-5-4-9-24-16/h4-5,9,11-12H,6-8,10,13H2,1-3H3,(H,19,20). The van der Waals surface area contributed by atoms with Crippen molar-refractivity contribution in [2.75, 3.05) is 33.9 Å². The molecule has 132 valence electrons. The van der Waals surface area contributed by atoms with E-state index in [4.69, 9.17) is 9.15 Å². The Kier molecular flexibility index (Phi) is 7.39. The minimum absolute atomic E-state index is 0.604. The van der Waals surface area contributed by atoms with Gasteiger partial charge in [0.25, 0.3) is 0 Å². The fraction of sp³-hybridized carbons (Fsp3) is 0.471. The molecule has 0 unspecified atom stereocenters. The number of nitrogens with zero attached hydrogens (tertiary/aromatic N) is 3. The Balaban J connectivity index is 1.95. The van der Waals surface area contributed by atoms with Crippen LogP contribution in [0.4, 0.5) is 0 Å². The number of aliphatic imine (C=N–C) groups is 1. The molecule has 0 aliphatic rings. The van der Waals surface area contributed by atoms with Crippen molar-refractivity contribution in [1.82, 2.24) is 14.8 Å². The molecule has 0 saturated heterocycles. The van der Waals surface area contributed by atoms with Gasteiger partial charge in [0.1, 0.15) is 5.76 Å². The number of halogens is 1. The molecular formula is C17H25BrN4O2. The van der Waals surface area contributed by atoms with Crippen LogP contribution in [0.2, 0.25) is 0 Å². The van der Waals surface area contributed by atoms with Crippen LogP contribution >= 0.6 is 15.9 Å². The third-order valence-corrected chi connectivity index (χ3v) is 4.06. The highest BCUT2D eigenvalue weighted by atomic mass is 79.9. The third-order valence-electron chi connectivity index (χ3n) is 3.63. The zero-order valence-corrected chi connectivity index (χ0v) is 16.0. The Labute approximate surface area is 151 Å². The highest BCUT2D eigenvalue weighted by Crippen LogP contribution is 2.15. The van der Waals surface area contributed by atoms with Crippen LogP contribution in [0.1, 0.15) is 11.5 Å². The number of hydrogen-bond acceptors (Lipinski definition) is 3. The van der Waals surface area contributed by atoms with E-state index in [0.717, 1.165) is 35.7 Å². The summed E-state index contributed by atoms with van der Waals surface area (Å²) in [4.78, 5) is 6.73. The highest BCUT2D eigenvalue weighted by molar-refractivity contribution is 9.10. The van der Waals surface area contributed by atoms with Gasteiger partial charge in [0.05, 0.1) is 26.0 Å². The molecule has 0 amide bonds. The van der Waals surface area contributed by atoms with E-state index in [9.17, 15) is 0 Å². The number of hydrogen-bond donors (Lipinski definition) is 1. The van der Waals surface area contributed by atoms with E-state index < -0.39 is 0 Å². The fourth-order valence-corrected chi connectivity index (χ4v) is 2.92. The lowest BCUT2D eigenvalue weighted by Crippen LogP contribution is -2.40. The monoisotopic (exact) mass is 396 g/mol. The van der Waals surface area contributed by atoms with Gasteiger partial charge < -0.3 is 23.9 Å². The Bertz CT molecular complexity index is 637. The van der Waals surface area contributed by atoms with Crippen LogP contribution in [0, 0.1) is 0 Å². The number of aryl methyl sites for hydroxylation is 1. The van der Waals surface area contributed by atoms with Crippen LogP contribution in [0.25, 0.3) is 0 Å². The maximum absolute atomic E-state index is 5.37. The van der Waals surface area contributed by atoms with E-state index in [2.05, 4.69) is 48.0 Å². The molecule has 2 heterocycles. The van der Waals surface area contributed by atoms with Gasteiger partial charge in [-0.25, -0.2) is 0 Å². The summed E-state index contributed by atoms with van der Waals surface area (Å²) in [6, 6.07) is 6.00. The Hall–Kier alpha value is -1.73. The molecule has 24 heavy (non-hydrogen) atoms. The topological polar surface area (TPSA) is 54.9 Å². The minimum Gasteiger partial charge on any atom is -0.469 e. The van der Waals surface area contributed by atoms with Gasteiger partial charge in [-0.15, -0.1) is 0 Å². The summed E-state index contributed by atoms with van der Waals surface area (Å²) < 4.78 is 13.7. The average molecular weight is 397 g/mol. The van der Waals surface area contributed by atoms with E-state index in [1.54, 1.807) is 13.4 Å². The first-order chi connectivity index (χ1) is 11.6. The summed E-state index contributed by atoms with van der Waals surface area (Å²) in [6.45, 7) is 2.76. The number of rotatable bonds is 8. The van der Waals surface area contributed by atoms with Crippen molar-refractivity contribution >= 4 is 21.9 Å². The van der Waals surface area contributed by atoms with Crippen LogP contribution < -0.4 is 5.32 Å². The van der Waals surface area contributed by atoms with Gasteiger partial charge >= 0.3 is 0 Å². The van der Waals surface area contributed by atoms with Gasteiger partial charge in [0, 0.05) is 50.5 Å². The molecule has 0 fully saturated rings. The molecule has 2 rings (SSSR count). The molecule has 1 N–H and O–H groups in total. The maximum atomic E-state index is 5.37. The summed E-state index contributed by atoms with van der Waals surface area (Å²) in [5, 5.41) is 3.40. The van der Waals surface area contributed by atoms with Gasteiger partial charge in [0.2, 0.25) is 0 Å². The van der Waals surface area contributed by atoms with Crippen molar-refractivity contribution in [2.24, 2.45) is 12.0 Å². The minimum atomic E-state index is 0.604. The summed E-state index contributed by atoms with van der Waals surface area (Å²) >= 11 is 3.51. The van der Waals surface area contributed by atoms with Crippen molar-refractivity contribution in [3.05, 3.63) is 46.6 Å². The molecule has 2 aromatic rings. The smallest absolute Gasteiger partial charge is 0.194 e. The van der Waals surface area contributed by atoms with E-state index in [1.807, 2.05) is 26.2 Å². The molecular weight excluding hydrogens is 372 g/mol. The van der Waals surface area contributed by atoms with Gasteiger partial charge in [-0.1, -0.05) is 0 Å². The lowest BCUT2D eigenvalue weighted by Gasteiger charge is -2.22. The molecule has 0 spiro atoms. The first-order valence-electron chi connectivity index (χ1n) is 7.91. The lowest BCUT2D eigenvalue weighted by molar-refractivity contribution is 0.207. The number of nitrogens with one attached hydrogen (secondary N) is 1. The van der Waals surface area contributed by atoms with Crippen LogP contribution in [0.3, 0.4) is 0 Å². The van der Waals surface area contributed by atoms with E-state index >= 15 is 0 Å². The molecule has 0 aliphatic heterocycles. The highest BCUT2D eigenvalue weighted by Gasteiger charge is 2.10. The Morgan fingerprint density at radius 3 is 2.96 bits per heavy atom. The molecule has 0 bridgehead atoms. The van der Waals surface area contributed by atoms with Crippen molar-refractivity contribution in [3.8, 4) is 0 Å². The average Bonchev–Trinajstić information content (AvgIpc) is 3.16. The number of aromatic nitrogens is 1. The maximum Gasteiger partial charge on any atom is 0.194 e. The molecule has 0 aromatic carbocycles. The first kappa shape index (κ1) is 18.6. The van der Waals surface area contributed by atoms with Crippen LogP contribution in [-0.4, -0.2) is 49.3 Å². The molecule has 0 radical (unpaired) electrons. The van der Waals surface area contributed by atoms with Gasteiger partial charge in [-0.3, -0.25) is 4.99 Å². The first-order valence-corrected chi connectivity index (χ1v) is 8.71. The van der Waals surface area contributed by atoms with Gasteiger partial charge in [-0.05, 0) is 34.1 Å². The van der Waals surface area contributed by atoms with Crippen LogP contribution in [0.15, 0.2) is 44.5 Å². The zero-order valence-electron chi connectivity index (χ0n) is 14.5. The summed E-state index contributed by atoms with van der Waals surface area (Å²) in [5.41, 5.74) is 1.21. The second kappa shape index (κ2) is 9.54. The number of ether oxygens (including phenoxy) is 1. The molecule has 0 saturated carbocycles. The molecule has 6 nitrogen and oxygen atoms in total. The van der Waals surface area contributed by atoms with Crippen molar-refractivity contribution in [1.29, 1.82) is 0 Å². The van der Waals surface area contributed by atoms with Gasteiger partial charge in [-0.2, -0.15) is 0 Å². The zero-order chi connectivity index (χ0) is 17.4. The number of furan rings is 1. The second-order valence-electron chi connectivity index (χ2n) is 5.57. The molecule has 7 heteroatoms. The van der Waals surface area contributed by atoms with Crippen LogP contribution in [0.5, 0.6) is 0 Å². The normalized spacial score (nSPS) is 11.8. The van der Waals surface area contributed by atoms with E-state index in [0.29, 0.717) is 13.2 Å². The van der Waals surface area contributed by atoms with Crippen LogP contribution in [-0.2, 0) is 24.8 Å². The second-order valence-corrected chi connectivity index (χ2v) is 6.49. The van der Waals surface area contributed by atoms with Crippen molar-refractivity contribution in [2.45, 2.75) is 13.0 Å². The third kappa shape index (κ3) is 5.72. The summed E-state index contributed by atoms with van der Waals surface area (Å²) in [7, 11) is 5.76. The van der Waals surface area contributed by atoms with E-state index in [-0.39, 0.29) is 0 Å². The van der Waals surface area contributed by atoms with Crippen molar-refractivity contribution < 1.29 is 9.15 Å². The van der Waals surface area contributed by atoms with Gasteiger partial charge in [0.15, 0.2) is 5.96 Å².